The Morgan fingerprint density at radius 2 is 1.86 bits per heavy atom. The van der Waals surface area contributed by atoms with Crippen LogP contribution in [0.5, 0.6) is 0 Å². The lowest BCUT2D eigenvalue weighted by Crippen LogP contribution is -2.42. The average molecular weight is 366 g/mol. The molecule has 1 atom stereocenters. The van der Waals surface area contributed by atoms with Crippen molar-refractivity contribution in [2.45, 2.75) is 31.7 Å². The lowest BCUT2D eigenvalue weighted by molar-refractivity contribution is -0.117. The van der Waals surface area contributed by atoms with E-state index in [9.17, 15) is 4.79 Å². The van der Waals surface area contributed by atoms with Crippen molar-refractivity contribution in [1.82, 2.24) is 9.80 Å². The lowest BCUT2D eigenvalue weighted by Gasteiger charge is -2.27. The molecule has 2 saturated heterocycles. The van der Waals surface area contributed by atoms with Gasteiger partial charge in [0.1, 0.15) is 0 Å². The molecule has 0 aliphatic carbocycles. The Balaban J connectivity index is 1.50. The SMILES string of the molecule is O=C(CN1CCC[C@H]1CN1CCCC1)Nc1ccc(Br)cc1. The molecule has 0 bridgehead atoms. The third-order valence-corrected chi connectivity index (χ3v) is 5.17. The molecule has 120 valence electrons. The van der Waals surface area contributed by atoms with Gasteiger partial charge in [0.05, 0.1) is 6.54 Å². The van der Waals surface area contributed by atoms with E-state index in [0.29, 0.717) is 12.6 Å². The summed E-state index contributed by atoms with van der Waals surface area (Å²) in [4.78, 5) is 17.2. The van der Waals surface area contributed by atoms with Crippen molar-refractivity contribution in [2.75, 3.05) is 38.0 Å². The second-order valence-electron chi connectivity index (χ2n) is 6.33. The highest BCUT2D eigenvalue weighted by Gasteiger charge is 2.28. The summed E-state index contributed by atoms with van der Waals surface area (Å²) in [7, 11) is 0. The number of amides is 1. The second-order valence-corrected chi connectivity index (χ2v) is 7.24. The maximum atomic E-state index is 12.3. The van der Waals surface area contributed by atoms with E-state index in [0.717, 1.165) is 23.2 Å². The zero-order valence-electron chi connectivity index (χ0n) is 12.9. The standard InChI is InChI=1S/C17H24BrN3O/c18-14-5-7-15(8-6-14)19-17(22)13-21-11-3-4-16(21)12-20-9-1-2-10-20/h5-8,16H,1-4,9-13H2,(H,19,22)/t16-/m0/s1. The molecule has 1 aromatic rings. The molecule has 2 aliphatic rings. The summed E-state index contributed by atoms with van der Waals surface area (Å²) in [6.45, 7) is 5.15. The topological polar surface area (TPSA) is 35.6 Å². The first-order valence-electron chi connectivity index (χ1n) is 8.22. The Hall–Kier alpha value is -0.910. The molecule has 0 saturated carbocycles. The number of carbonyl (C=O) groups excluding carboxylic acids is 1. The molecule has 22 heavy (non-hydrogen) atoms. The maximum Gasteiger partial charge on any atom is 0.238 e. The molecular weight excluding hydrogens is 342 g/mol. The largest absolute Gasteiger partial charge is 0.325 e. The Morgan fingerprint density at radius 3 is 2.59 bits per heavy atom. The van der Waals surface area contributed by atoms with Crippen LogP contribution in [0.4, 0.5) is 5.69 Å². The van der Waals surface area contributed by atoms with Crippen LogP contribution in [-0.2, 0) is 4.79 Å². The molecule has 5 heteroatoms. The molecule has 0 unspecified atom stereocenters. The summed E-state index contributed by atoms with van der Waals surface area (Å²) in [5.74, 6) is 0.0932. The Labute approximate surface area is 141 Å². The number of benzene rings is 1. The van der Waals surface area contributed by atoms with Crippen molar-refractivity contribution in [2.24, 2.45) is 0 Å². The number of nitrogens with zero attached hydrogens (tertiary/aromatic N) is 2. The third kappa shape index (κ3) is 4.31. The van der Waals surface area contributed by atoms with Gasteiger partial charge in [-0.3, -0.25) is 9.69 Å². The first-order chi connectivity index (χ1) is 10.7. The van der Waals surface area contributed by atoms with Gasteiger partial charge < -0.3 is 10.2 Å². The van der Waals surface area contributed by atoms with Gasteiger partial charge in [-0.15, -0.1) is 0 Å². The number of carbonyl (C=O) groups is 1. The van der Waals surface area contributed by atoms with E-state index in [1.807, 2.05) is 24.3 Å². The normalized spacial score (nSPS) is 23.0. The highest BCUT2D eigenvalue weighted by molar-refractivity contribution is 9.10. The van der Waals surface area contributed by atoms with Crippen LogP contribution in [-0.4, -0.2) is 54.5 Å². The minimum absolute atomic E-state index is 0.0932. The summed E-state index contributed by atoms with van der Waals surface area (Å²) >= 11 is 3.41. The van der Waals surface area contributed by atoms with Crippen molar-refractivity contribution in [3.8, 4) is 0 Å². The molecule has 3 rings (SSSR count). The van der Waals surface area contributed by atoms with E-state index in [2.05, 4.69) is 31.0 Å². The average Bonchev–Trinajstić information content (AvgIpc) is 3.15. The van der Waals surface area contributed by atoms with Crippen molar-refractivity contribution >= 4 is 27.5 Å². The highest BCUT2D eigenvalue weighted by atomic mass is 79.9. The van der Waals surface area contributed by atoms with E-state index in [1.165, 1.54) is 38.8 Å². The smallest absolute Gasteiger partial charge is 0.238 e. The maximum absolute atomic E-state index is 12.3. The van der Waals surface area contributed by atoms with Gasteiger partial charge in [-0.25, -0.2) is 0 Å². The second kappa shape index (κ2) is 7.57. The van der Waals surface area contributed by atoms with Crippen molar-refractivity contribution in [3.63, 3.8) is 0 Å². The summed E-state index contributed by atoms with van der Waals surface area (Å²) < 4.78 is 1.02. The van der Waals surface area contributed by atoms with Crippen LogP contribution >= 0.6 is 15.9 Å². The fourth-order valence-corrected chi connectivity index (χ4v) is 3.76. The van der Waals surface area contributed by atoms with Gasteiger partial charge in [0.25, 0.3) is 0 Å². The molecule has 4 nitrogen and oxygen atoms in total. The van der Waals surface area contributed by atoms with Crippen molar-refractivity contribution < 1.29 is 4.79 Å². The Bertz CT molecular complexity index is 499. The molecule has 1 N–H and O–H groups in total. The number of likely N-dealkylation sites (tertiary alicyclic amines) is 2. The number of anilines is 1. The third-order valence-electron chi connectivity index (χ3n) is 4.64. The van der Waals surface area contributed by atoms with Gasteiger partial charge in [0.15, 0.2) is 0 Å². The minimum atomic E-state index is 0.0932. The zero-order valence-corrected chi connectivity index (χ0v) is 14.5. The van der Waals surface area contributed by atoms with Gasteiger partial charge in [-0.1, -0.05) is 15.9 Å². The van der Waals surface area contributed by atoms with Crippen LogP contribution in [0.25, 0.3) is 0 Å². The van der Waals surface area contributed by atoms with Gasteiger partial charge in [0, 0.05) is 22.7 Å². The first-order valence-corrected chi connectivity index (χ1v) is 9.02. The summed E-state index contributed by atoms with van der Waals surface area (Å²) in [5, 5.41) is 3.00. The molecule has 0 aromatic heterocycles. The number of hydrogen-bond donors (Lipinski definition) is 1. The van der Waals surface area contributed by atoms with Gasteiger partial charge in [-0.05, 0) is 69.6 Å². The van der Waals surface area contributed by atoms with E-state index < -0.39 is 0 Å². The lowest BCUT2D eigenvalue weighted by atomic mass is 10.2. The summed E-state index contributed by atoms with van der Waals surface area (Å²) in [5.41, 5.74) is 0.864. The fourth-order valence-electron chi connectivity index (χ4n) is 3.49. The van der Waals surface area contributed by atoms with Crippen molar-refractivity contribution in [3.05, 3.63) is 28.7 Å². The Kier molecular flexibility index (Phi) is 5.50. The van der Waals surface area contributed by atoms with Crippen LogP contribution < -0.4 is 5.32 Å². The molecule has 2 heterocycles. The molecule has 2 fully saturated rings. The Morgan fingerprint density at radius 1 is 1.14 bits per heavy atom. The molecular formula is C17H24BrN3O. The number of nitrogens with one attached hydrogen (secondary N) is 1. The molecule has 1 amide bonds. The van der Waals surface area contributed by atoms with Gasteiger partial charge in [0.2, 0.25) is 5.91 Å². The van der Waals surface area contributed by atoms with E-state index >= 15 is 0 Å². The zero-order chi connectivity index (χ0) is 15.4. The quantitative estimate of drug-likeness (QED) is 0.871. The predicted octanol–water partition coefficient (Wildman–Crippen LogP) is 2.95. The summed E-state index contributed by atoms with van der Waals surface area (Å²) in [6, 6.07) is 8.29. The van der Waals surface area contributed by atoms with E-state index in [1.54, 1.807) is 0 Å². The molecule has 0 spiro atoms. The van der Waals surface area contributed by atoms with Crippen LogP contribution in [0.2, 0.25) is 0 Å². The van der Waals surface area contributed by atoms with Crippen molar-refractivity contribution in [1.29, 1.82) is 0 Å². The minimum Gasteiger partial charge on any atom is -0.325 e. The van der Waals surface area contributed by atoms with Gasteiger partial charge >= 0.3 is 0 Å². The molecule has 1 aromatic carbocycles. The molecule has 0 radical (unpaired) electrons. The van der Waals surface area contributed by atoms with Crippen LogP contribution in [0.15, 0.2) is 28.7 Å². The van der Waals surface area contributed by atoms with Crippen LogP contribution in [0, 0.1) is 0 Å². The number of rotatable bonds is 5. The highest BCUT2D eigenvalue weighted by Crippen LogP contribution is 2.20. The van der Waals surface area contributed by atoms with E-state index in [4.69, 9.17) is 0 Å². The number of halogens is 1. The summed E-state index contributed by atoms with van der Waals surface area (Å²) in [6.07, 6.45) is 5.10. The van der Waals surface area contributed by atoms with Gasteiger partial charge in [-0.2, -0.15) is 0 Å². The monoisotopic (exact) mass is 365 g/mol. The van der Waals surface area contributed by atoms with Crippen LogP contribution in [0.3, 0.4) is 0 Å². The number of hydrogen-bond acceptors (Lipinski definition) is 3. The predicted molar refractivity (Wildman–Crippen MR) is 93.0 cm³/mol. The fraction of sp³-hybridized carbons (Fsp3) is 0.588. The molecule has 2 aliphatic heterocycles. The van der Waals surface area contributed by atoms with E-state index in [-0.39, 0.29) is 5.91 Å². The first kappa shape index (κ1) is 16.0. The van der Waals surface area contributed by atoms with Crippen LogP contribution in [0.1, 0.15) is 25.7 Å².